The zero-order valence-electron chi connectivity index (χ0n) is 12.5. The van der Waals surface area contributed by atoms with Crippen molar-refractivity contribution in [1.82, 2.24) is 0 Å². The van der Waals surface area contributed by atoms with Crippen LogP contribution in [0.5, 0.6) is 0 Å². The van der Waals surface area contributed by atoms with E-state index in [9.17, 15) is 0 Å². The lowest BCUT2D eigenvalue weighted by Crippen LogP contribution is -1.92. The zero-order chi connectivity index (χ0) is 15.9. The van der Waals surface area contributed by atoms with Crippen LogP contribution in [0, 0.1) is 0 Å². The highest BCUT2D eigenvalue weighted by atomic mass is 16.5. The fourth-order valence-electron chi connectivity index (χ4n) is 2.77. The van der Waals surface area contributed by atoms with Gasteiger partial charge in [0.1, 0.15) is 0 Å². The van der Waals surface area contributed by atoms with Crippen molar-refractivity contribution in [3.8, 4) is 0 Å². The van der Waals surface area contributed by atoms with E-state index >= 15 is 0 Å². The maximum absolute atomic E-state index is 9.14. The van der Waals surface area contributed by atoms with Crippen molar-refractivity contribution in [3.63, 3.8) is 0 Å². The molecular formula is C18H22O4. The van der Waals surface area contributed by atoms with Gasteiger partial charge in [-0.05, 0) is 49.0 Å². The molecule has 0 aromatic rings. The van der Waals surface area contributed by atoms with Gasteiger partial charge in [-0.2, -0.15) is 0 Å². The Labute approximate surface area is 130 Å². The average molecular weight is 302 g/mol. The third-order valence-electron chi connectivity index (χ3n) is 3.94. The van der Waals surface area contributed by atoms with Crippen LogP contribution >= 0.6 is 0 Å². The number of hydrogen-bond donors (Lipinski definition) is 4. The summed E-state index contributed by atoms with van der Waals surface area (Å²) in [5.74, 6) is -1.22. The molecule has 0 aromatic heterocycles. The van der Waals surface area contributed by atoms with Gasteiger partial charge in [0, 0.05) is 0 Å². The van der Waals surface area contributed by atoms with Crippen LogP contribution in [0.2, 0.25) is 0 Å². The minimum absolute atomic E-state index is 0.524. The largest absolute Gasteiger partial charge is 0.481 e. The van der Waals surface area contributed by atoms with Crippen molar-refractivity contribution in [3.05, 3.63) is 70.6 Å². The number of unbranched alkanes of at least 4 members (excludes halogenated alkanes) is 3. The van der Waals surface area contributed by atoms with Gasteiger partial charge in [-0.15, -0.1) is 0 Å². The molecule has 0 saturated heterocycles. The van der Waals surface area contributed by atoms with Gasteiger partial charge >= 0.3 is 0 Å². The van der Waals surface area contributed by atoms with E-state index in [2.05, 4.69) is 0 Å². The third kappa shape index (κ3) is 4.07. The zero-order valence-corrected chi connectivity index (χ0v) is 12.5. The lowest BCUT2D eigenvalue weighted by molar-refractivity contribution is 0.186. The van der Waals surface area contributed by atoms with E-state index in [0.29, 0.717) is 11.1 Å². The summed E-state index contributed by atoms with van der Waals surface area (Å²) in [6.45, 7) is 0. The van der Waals surface area contributed by atoms with Gasteiger partial charge in [-0.3, -0.25) is 0 Å². The Hall–Kier alpha value is -2.36. The topological polar surface area (TPSA) is 80.9 Å². The molecule has 0 aliphatic heterocycles. The van der Waals surface area contributed by atoms with Gasteiger partial charge in [0.15, 0.2) is 0 Å². The molecule has 0 fully saturated rings. The minimum atomic E-state index is -0.608. The van der Waals surface area contributed by atoms with E-state index < -0.39 is 11.9 Å². The van der Waals surface area contributed by atoms with Crippen LogP contribution in [0.15, 0.2) is 70.6 Å². The lowest BCUT2D eigenvalue weighted by Gasteiger charge is -2.07. The van der Waals surface area contributed by atoms with Gasteiger partial charge in [-0.25, -0.2) is 0 Å². The molecule has 0 heterocycles. The molecule has 0 atom stereocenters. The van der Waals surface area contributed by atoms with E-state index in [0.717, 1.165) is 49.7 Å². The van der Waals surface area contributed by atoms with Crippen LogP contribution in [0.4, 0.5) is 0 Å². The number of aliphatic hydroxyl groups is 4. The van der Waals surface area contributed by atoms with Crippen molar-refractivity contribution in [2.45, 2.75) is 38.5 Å². The Morgan fingerprint density at radius 3 is 1.41 bits per heavy atom. The van der Waals surface area contributed by atoms with E-state index in [1.165, 1.54) is 0 Å². The van der Waals surface area contributed by atoms with E-state index in [-0.39, 0.29) is 0 Å². The van der Waals surface area contributed by atoms with Crippen molar-refractivity contribution in [2.75, 3.05) is 0 Å². The quantitative estimate of drug-likeness (QED) is 0.395. The first kappa shape index (κ1) is 16.0. The second kappa shape index (κ2) is 7.59. The Morgan fingerprint density at radius 1 is 0.636 bits per heavy atom. The molecule has 0 unspecified atom stereocenters. The fraction of sp³-hybridized carbons (Fsp3) is 0.333. The highest BCUT2D eigenvalue weighted by Gasteiger charge is 2.12. The molecule has 2 aliphatic carbocycles. The van der Waals surface area contributed by atoms with Crippen molar-refractivity contribution < 1.29 is 20.4 Å². The summed E-state index contributed by atoms with van der Waals surface area (Å²) in [7, 11) is 0. The van der Waals surface area contributed by atoms with Crippen LogP contribution in [0.1, 0.15) is 38.5 Å². The molecule has 0 aromatic carbocycles. The second-order valence-electron chi connectivity index (χ2n) is 5.49. The number of aliphatic hydroxyl groups excluding tert-OH is 2. The molecule has 0 radical (unpaired) electrons. The highest BCUT2D eigenvalue weighted by Crippen LogP contribution is 2.27. The average Bonchev–Trinajstić information content (AvgIpc) is 3.11. The van der Waals surface area contributed by atoms with Crippen molar-refractivity contribution in [1.29, 1.82) is 0 Å². The molecule has 2 rings (SSSR count). The van der Waals surface area contributed by atoms with Crippen LogP contribution in [-0.4, -0.2) is 20.4 Å². The maximum Gasteiger partial charge on any atom is 0.281 e. The number of hydrogen-bond acceptors (Lipinski definition) is 4. The van der Waals surface area contributed by atoms with Gasteiger partial charge in [0.25, 0.3) is 11.9 Å². The van der Waals surface area contributed by atoms with Crippen LogP contribution in [0.25, 0.3) is 0 Å². The molecule has 4 heteroatoms. The molecule has 22 heavy (non-hydrogen) atoms. The summed E-state index contributed by atoms with van der Waals surface area (Å²) in [6, 6.07) is 0. The molecule has 4 N–H and O–H groups in total. The summed E-state index contributed by atoms with van der Waals surface area (Å²) in [6.07, 6.45) is 16.7. The molecular weight excluding hydrogens is 280 g/mol. The monoisotopic (exact) mass is 302 g/mol. The third-order valence-corrected chi connectivity index (χ3v) is 3.94. The Morgan fingerprint density at radius 2 is 1.05 bits per heavy atom. The summed E-state index contributed by atoms with van der Waals surface area (Å²) < 4.78 is 0. The molecule has 0 saturated carbocycles. The summed E-state index contributed by atoms with van der Waals surface area (Å²) >= 11 is 0. The van der Waals surface area contributed by atoms with Gasteiger partial charge in [0.2, 0.25) is 0 Å². The van der Waals surface area contributed by atoms with Crippen molar-refractivity contribution in [2.24, 2.45) is 0 Å². The van der Waals surface area contributed by atoms with E-state index in [1.807, 2.05) is 24.3 Å². The number of rotatable bonds is 7. The normalized spacial score (nSPS) is 16.2. The minimum Gasteiger partial charge on any atom is -0.481 e. The Kier molecular flexibility index (Phi) is 5.53. The van der Waals surface area contributed by atoms with E-state index in [1.54, 1.807) is 12.2 Å². The maximum atomic E-state index is 9.14. The Bertz CT molecular complexity index is 539. The molecule has 118 valence electrons. The summed E-state index contributed by atoms with van der Waals surface area (Å²) in [5.41, 5.74) is 2.99. The highest BCUT2D eigenvalue weighted by molar-refractivity contribution is 5.49. The molecule has 0 spiro atoms. The van der Waals surface area contributed by atoms with Gasteiger partial charge in [0.05, 0.1) is 11.1 Å². The van der Waals surface area contributed by atoms with Crippen LogP contribution in [-0.2, 0) is 0 Å². The SMILES string of the molecule is OC(O)=C1C=CC=C1CCCCCCC1=CC=CC1=C(O)O. The first-order valence-electron chi connectivity index (χ1n) is 7.59. The molecule has 0 bridgehead atoms. The van der Waals surface area contributed by atoms with Gasteiger partial charge < -0.3 is 20.4 Å². The molecule has 2 aliphatic rings. The first-order chi connectivity index (χ1) is 10.6. The predicted molar refractivity (Wildman–Crippen MR) is 86.7 cm³/mol. The van der Waals surface area contributed by atoms with Crippen LogP contribution < -0.4 is 0 Å². The van der Waals surface area contributed by atoms with Gasteiger partial charge in [-0.1, -0.05) is 37.1 Å². The fourth-order valence-corrected chi connectivity index (χ4v) is 2.77. The Balaban J connectivity index is 1.63. The molecule has 4 nitrogen and oxygen atoms in total. The van der Waals surface area contributed by atoms with E-state index in [4.69, 9.17) is 20.4 Å². The first-order valence-corrected chi connectivity index (χ1v) is 7.59. The number of allylic oxidation sites excluding steroid dienone is 10. The smallest absolute Gasteiger partial charge is 0.281 e. The van der Waals surface area contributed by atoms with Crippen molar-refractivity contribution >= 4 is 0 Å². The standard InChI is InChI=1S/C18H22O4/c19-17(20)15-11-5-9-13(15)7-3-1-2-4-8-14-10-6-12-16(14)18(21)22/h5-6,9-12,19-22H,1-4,7-8H2. The van der Waals surface area contributed by atoms with Crippen LogP contribution in [0.3, 0.4) is 0 Å². The lowest BCUT2D eigenvalue weighted by atomic mass is 9.99. The predicted octanol–water partition coefficient (Wildman–Crippen LogP) is 4.97. The summed E-state index contributed by atoms with van der Waals surface area (Å²) in [5, 5.41) is 36.6. The summed E-state index contributed by atoms with van der Waals surface area (Å²) in [4.78, 5) is 0. The second-order valence-corrected chi connectivity index (χ2v) is 5.49. The molecule has 0 amide bonds.